The van der Waals surface area contributed by atoms with Crippen LogP contribution in [-0.4, -0.2) is 25.5 Å². The first kappa shape index (κ1) is 26.8. The van der Waals surface area contributed by atoms with Crippen molar-refractivity contribution in [2.24, 2.45) is 0 Å². The smallest absolute Gasteiger partial charge is 0.268 e. The van der Waals surface area contributed by atoms with E-state index in [0.29, 0.717) is 17.2 Å². The average molecular weight is 554 g/mol. The molecular formula is C35H31N5O2. The van der Waals surface area contributed by atoms with E-state index in [4.69, 9.17) is 5.10 Å². The summed E-state index contributed by atoms with van der Waals surface area (Å²) in [6.45, 7) is 4.37. The SMILES string of the molecule is CC(C)c1ccc(-c2cc(-c3cccc(NC(=O)Cc4cn(-c5ccccc5)[nH]c4=O)c3)nn2-c2ccccc2)cc1. The Morgan fingerprint density at radius 2 is 1.50 bits per heavy atom. The van der Waals surface area contributed by atoms with Gasteiger partial charge in [-0.25, -0.2) is 4.68 Å². The molecule has 6 aromatic rings. The quantitative estimate of drug-likeness (QED) is 0.213. The van der Waals surface area contributed by atoms with Crippen LogP contribution >= 0.6 is 0 Å². The zero-order valence-electron chi connectivity index (χ0n) is 23.5. The predicted octanol–water partition coefficient (Wildman–Crippen LogP) is 6.99. The minimum absolute atomic E-state index is 0.0431. The van der Waals surface area contributed by atoms with Crippen molar-refractivity contribution in [3.8, 4) is 33.9 Å². The molecule has 0 radical (unpaired) electrons. The van der Waals surface area contributed by atoms with Gasteiger partial charge in [-0.2, -0.15) is 5.10 Å². The summed E-state index contributed by atoms with van der Waals surface area (Å²) in [5.41, 5.74) is 7.50. The number of para-hydroxylation sites is 2. The number of hydrogen-bond acceptors (Lipinski definition) is 3. The normalized spacial score (nSPS) is 11.1. The minimum Gasteiger partial charge on any atom is -0.326 e. The third kappa shape index (κ3) is 5.71. The number of anilines is 1. The molecule has 0 unspecified atom stereocenters. The van der Waals surface area contributed by atoms with Crippen molar-refractivity contribution in [1.82, 2.24) is 19.6 Å². The first-order chi connectivity index (χ1) is 20.4. The Morgan fingerprint density at radius 3 is 2.19 bits per heavy atom. The largest absolute Gasteiger partial charge is 0.326 e. The summed E-state index contributed by atoms with van der Waals surface area (Å²) in [5.74, 6) is 0.179. The van der Waals surface area contributed by atoms with Crippen LogP contribution in [0.3, 0.4) is 0 Å². The van der Waals surface area contributed by atoms with Gasteiger partial charge in [-0.3, -0.25) is 19.4 Å². The molecule has 0 saturated heterocycles. The van der Waals surface area contributed by atoms with Crippen molar-refractivity contribution in [3.63, 3.8) is 0 Å². The van der Waals surface area contributed by atoms with E-state index < -0.39 is 0 Å². The molecule has 6 rings (SSSR count). The summed E-state index contributed by atoms with van der Waals surface area (Å²) in [7, 11) is 0. The maximum Gasteiger partial charge on any atom is 0.268 e. The van der Waals surface area contributed by atoms with E-state index in [0.717, 1.165) is 33.9 Å². The number of rotatable bonds is 8. The van der Waals surface area contributed by atoms with Crippen LogP contribution in [0.25, 0.3) is 33.9 Å². The molecule has 0 saturated carbocycles. The molecule has 0 spiro atoms. The van der Waals surface area contributed by atoms with Gasteiger partial charge in [0.1, 0.15) is 0 Å². The van der Waals surface area contributed by atoms with E-state index in [1.54, 1.807) is 10.9 Å². The first-order valence-corrected chi connectivity index (χ1v) is 14.0. The zero-order valence-corrected chi connectivity index (χ0v) is 23.5. The molecule has 2 aromatic heterocycles. The van der Waals surface area contributed by atoms with Gasteiger partial charge in [0.2, 0.25) is 5.91 Å². The van der Waals surface area contributed by atoms with Gasteiger partial charge < -0.3 is 5.32 Å². The molecule has 42 heavy (non-hydrogen) atoms. The van der Waals surface area contributed by atoms with Crippen LogP contribution in [0.15, 0.2) is 126 Å². The summed E-state index contributed by atoms with van der Waals surface area (Å²) in [4.78, 5) is 25.4. The molecule has 2 N–H and O–H groups in total. The van der Waals surface area contributed by atoms with Gasteiger partial charge in [0, 0.05) is 28.6 Å². The maximum atomic E-state index is 12.9. The Balaban J connectivity index is 1.26. The second-order valence-electron chi connectivity index (χ2n) is 10.5. The fraction of sp³-hybridized carbons (Fsp3) is 0.114. The number of nitrogens with one attached hydrogen (secondary N) is 2. The molecule has 0 atom stereocenters. The lowest BCUT2D eigenvalue weighted by Gasteiger charge is -2.09. The van der Waals surface area contributed by atoms with E-state index in [1.165, 1.54) is 5.56 Å². The summed E-state index contributed by atoms with van der Waals surface area (Å²) in [5, 5.41) is 10.7. The van der Waals surface area contributed by atoms with Crippen LogP contribution in [0.4, 0.5) is 5.69 Å². The summed E-state index contributed by atoms with van der Waals surface area (Å²) < 4.78 is 3.58. The minimum atomic E-state index is -0.289. The monoisotopic (exact) mass is 553 g/mol. The Hall–Kier alpha value is -5.43. The predicted molar refractivity (Wildman–Crippen MR) is 167 cm³/mol. The van der Waals surface area contributed by atoms with Crippen molar-refractivity contribution >= 4 is 11.6 Å². The van der Waals surface area contributed by atoms with Crippen LogP contribution in [0, 0.1) is 0 Å². The Morgan fingerprint density at radius 1 is 0.810 bits per heavy atom. The lowest BCUT2D eigenvalue weighted by Crippen LogP contribution is -2.18. The number of hydrogen-bond donors (Lipinski definition) is 2. The van der Waals surface area contributed by atoms with Gasteiger partial charge in [-0.15, -0.1) is 0 Å². The van der Waals surface area contributed by atoms with Gasteiger partial charge >= 0.3 is 0 Å². The number of amides is 1. The van der Waals surface area contributed by atoms with Crippen LogP contribution in [0.1, 0.15) is 30.9 Å². The van der Waals surface area contributed by atoms with E-state index in [-0.39, 0.29) is 17.9 Å². The lowest BCUT2D eigenvalue weighted by atomic mass is 10.0. The van der Waals surface area contributed by atoms with Crippen molar-refractivity contribution < 1.29 is 4.79 Å². The highest BCUT2D eigenvalue weighted by atomic mass is 16.2. The van der Waals surface area contributed by atoms with Crippen LogP contribution < -0.4 is 10.9 Å². The number of aromatic nitrogens is 4. The number of carbonyl (C=O) groups excluding carboxylic acids is 1. The highest BCUT2D eigenvalue weighted by molar-refractivity contribution is 5.93. The third-order valence-corrected chi connectivity index (χ3v) is 7.21. The number of H-pyrrole nitrogens is 1. The number of benzene rings is 4. The highest BCUT2D eigenvalue weighted by Crippen LogP contribution is 2.31. The number of aromatic amines is 1. The van der Waals surface area contributed by atoms with Crippen molar-refractivity contribution in [3.05, 3.63) is 143 Å². The summed E-state index contributed by atoms with van der Waals surface area (Å²) >= 11 is 0. The maximum absolute atomic E-state index is 12.9. The highest BCUT2D eigenvalue weighted by Gasteiger charge is 2.15. The topological polar surface area (TPSA) is 84.7 Å². The molecule has 0 bridgehead atoms. The van der Waals surface area contributed by atoms with Gasteiger partial charge in [-0.05, 0) is 53.9 Å². The Kier molecular flexibility index (Phi) is 7.39. The molecule has 0 aliphatic carbocycles. The molecule has 7 nitrogen and oxygen atoms in total. The molecule has 2 heterocycles. The average Bonchev–Trinajstić information content (AvgIpc) is 3.62. The second kappa shape index (κ2) is 11.6. The van der Waals surface area contributed by atoms with E-state index >= 15 is 0 Å². The molecular weight excluding hydrogens is 522 g/mol. The van der Waals surface area contributed by atoms with Crippen LogP contribution in [0.5, 0.6) is 0 Å². The molecule has 208 valence electrons. The molecule has 0 aliphatic heterocycles. The van der Waals surface area contributed by atoms with Crippen LogP contribution in [-0.2, 0) is 11.2 Å². The molecule has 0 fully saturated rings. The van der Waals surface area contributed by atoms with Gasteiger partial charge in [-0.1, -0.05) is 86.6 Å². The summed E-state index contributed by atoms with van der Waals surface area (Å²) in [6.07, 6.45) is 1.62. The van der Waals surface area contributed by atoms with Gasteiger partial charge in [0.15, 0.2) is 0 Å². The fourth-order valence-corrected chi connectivity index (χ4v) is 4.95. The number of nitrogens with zero attached hydrogens (tertiary/aromatic N) is 3. The zero-order chi connectivity index (χ0) is 29.1. The van der Waals surface area contributed by atoms with Crippen molar-refractivity contribution in [2.75, 3.05) is 5.32 Å². The molecule has 0 aliphatic rings. The Bertz CT molecular complexity index is 1880. The third-order valence-electron chi connectivity index (χ3n) is 7.21. The molecule has 7 heteroatoms. The molecule has 4 aromatic carbocycles. The van der Waals surface area contributed by atoms with Gasteiger partial charge in [0.25, 0.3) is 5.56 Å². The van der Waals surface area contributed by atoms with E-state index in [2.05, 4.69) is 54.6 Å². The second-order valence-corrected chi connectivity index (χ2v) is 10.5. The van der Waals surface area contributed by atoms with Crippen molar-refractivity contribution in [2.45, 2.75) is 26.2 Å². The molecule has 1 amide bonds. The standard InChI is InChI=1S/C35H31N5O2/c1-24(2)25-16-18-26(19-17-25)33-22-32(37-40(33)31-14-7-4-8-15-31)27-10-9-11-29(20-27)36-34(41)21-28-23-39(38-35(28)42)30-12-5-3-6-13-30/h3-20,22-24H,21H2,1-2H3,(H,36,41)(H,38,42). The first-order valence-electron chi connectivity index (χ1n) is 14.0. The van der Waals surface area contributed by atoms with E-state index in [1.807, 2.05) is 89.6 Å². The fourth-order valence-electron chi connectivity index (χ4n) is 4.95. The summed E-state index contributed by atoms with van der Waals surface area (Å²) in [6, 6.07) is 37.8. The number of carbonyl (C=O) groups is 1. The van der Waals surface area contributed by atoms with Crippen molar-refractivity contribution in [1.29, 1.82) is 0 Å². The van der Waals surface area contributed by atoms with E-state index in [9.17, 15) is 9.59 Å². The van der Waals surface area contributed by atoms with Gasteiger partial charge in [0.05, 0.1) is 29.2 Å². The van der Waals surface area contributed by atoms with Crippen LogP contribution in [0.2, 0.25) is 0 Å². The Labute approximate surface area is 244 Å². The lowest BCUT2D eigenvalue weighted by molar-refractivity contribution is -0.115.